The van der Waals surface area contributed by atoms with E-state index in [-0.39, 0.29) is 6.04 Å². The SMILES string of the molecule is CNC(Cc1ccccc1OC)c1csc(C)n1. The third kappa shape index (κ3) is 2.89. The van der Waals surface area contributed by atoms with Crippen molar-refractivity contribution in [3.8, 4) is 5.75 Å². The van der Waals surface area contributed by atoms with E-state index in [1.165, 1.54) is 5.56 Å². The second-order valence-corrected chi connectivity index (χ2v) is 5.21. The minimum absolute atomic E-state index is 0.228. The number of likely N-dealkylation sites (N-methyl/N-ethyl adjacent to an activating group) is 1. The molecule has 18 heavy (non-hydrogen) atoms. The Morgan fingerprint density at radius 2 is 2.17 bits per heavy atom. The molecular weight excluding hydrogens is 244 g/mol. The van der Waals surface area contributed by atoms with E-state index in [0.29, 0.717) is 0 Å². The summed E-state index contributed by atoms with van der Waals surface area (Å²) in [6.45, 7) is 2.03. The van der Waals surface area contributed by atoms with Crippen LogP contribution in [0, 0.1) is 6.92 Å². The lowest BCUT2D eigenvalue weighted by Crippen LogP contribution is -2.19. The van der Waals surface area contributed by atoms with E-state index in [1.807, 2.05) is 32.2 Å². The summed E-state index contributed by atoms with van der Waals surface area (Å²) >= 11 is 1.69. The molecule has 0 aliphatic carbocycles. The van der Waals surface area contributed by atoms with Crippen molar-refractivity contribution in [3.63, 3.8) is 0 Å². The summed E-state index contributed by atoms with van der Waals surface area (Å²) in [6.07, 6.45) is 0.879. The number of aryl methyl sites for hydroxylation is 1. The number of benzene rings is 1. The van der Waals surface area contributed by atoms with Crippen LogP contribution in [-0.2, 0) is 6.42 Å². The predicted octanol–water partition coefficient (Wildman–Crippen LogP) is 2.96. The number of methoxy groups -OCH3 is 1. The molecule has 96 valence electrons. The van der Waals surface area contributed by atoms with E-state index in [0.717, 1.165) is 22.9 Å². The summed E-state index contributed by atoms with van der Waals surface area (Å²) in [4.78, 5) is 4.55. The Labute approximate surface area is 112 Å². The quantitative estimate of drug-likeness (QED) is 0.899. The summed E-state index contributed by atoms with van der Waals surface area (Å²) in [6, 6.07) is 8.35. The summed E-state index contributed by atoms with van der Waals surface area (Å²) < 4.78 is 5.39. The van der Waals surface area contributed by atoms with Crippen LogP contribution in [-0.4, -0.2) is 19.1 Å². The molecule has 1 N–H and O–H groups in total. The highest BCUT2D eigenvalue weighted by Gasteiger charge is 2.15. The second kappa shape index (κ2) is 5.98. The molecule has 0 amide bonds. The molecule has 4 heteroatoms. The molecule has 0 saturated carbocycles. The van der Waals surface area contributed by atoms with Gasteiger partial charge < -0.3 is 10.1 Å². The number of nitrogens with zero attached hydrogens (tertiary/aromatic N) is 1. The second-order valence-electron chi connectivity index (χ2n) is 4.15. The zero-order chi connectivity index (χ0) is 13.0. The number of ether oxygens (including phenoxy) is 1. The molecule has 1 heterocycles. The molecule has 0 spiro atoms. The van der Waals surface area contributed by atoms with Gasteiger partial charge in [-0.25, -0.2) is 4.98 Å². The fourth-order valence-electron chi connectivity index (χ4n) is 1.99. The molecule has 0 aliphatic heterocycles. The van der Waals surface area contributed by atoms with Crippen LogP contribution in [0.3, 0.4) is 0 Å². The van der Waals surface area contributed by atoms with E-state index >= 15 is 0 Å². The van der Waals surface area contributed by atoms with Crippen LogP contribution < -0.4 is 10.1 Å². The number of thiazole rings is 1. The largest absolute Gasteiger partial charge is 0.496 e. The Bertz CT molecular complexity index is 510. The van der Waals surface area contributed by atoms with Gasteiger partial charge in [-0.05, 0) is 32.0 Å². The first-order valence-electron chi connectivity index (χ1n) is 5.95. The third-order valence-electron chi connectivity index (χ3n) is 2.96. The lowest BCUT2D eigenvalue weighted by molar-refractivity contribution is 0.406. The van der Waals surface area contributed by atoms with Gasteiger partial charge in [0.15, 0.2) is 0 Å². The highest BCUT2D eigenvalue weighted by atomic mass is 32.1. The third-order valence-corrected chi connectivity index (χ3v) is 3.75. The Morgan fingerprint density at radius 1 is 1.39 bits per heavy atom. The zero-order valence-corrected chi connectivity index (χ0v) is 11.8. The molecular formula is C14H18N2OS. The fourth-order valence-corrected chi connectivity index (χ4v) is 2.65. The average Bonchev–Trinajstić information content (AvgIpc) is 2.83. The van der Waals surface area contributed by atoms with Crippen LogP contribution in [0.25, 0.3) is 0 Å². The number of aromatic nitrogens is 1. The summed E-state index contributed by atoms with van der Waals surface area (Å²) in [7, 11) is 3.68. The van der Waals surface area contributed by atoms with Crippen molar-refractivity contribution >= 4 is 11.3 Å². The summed E-state index contributed by atoms with van der Waals surface area (Å²) in [5.74, 6) is 0.935. The van der Waals surface area contributed by atoms with Crippen molar-refractivity contribution in [1.82, 2.24) is 10.3 Å². The molecule has 0 radical (unpaired) electrons. The van der Waals surface area contributed by atoms with Crippen molar-refractivity contribution in [1.29, 1.82) is 0 Å². The maximum absolute atomic E-state index is 5.39. The molecule has 0 saturated heterocycles. The Kier molecular flexibility index (Phi) is 4.33. The smallest absolute Gasteiger partial charge is 0.122 e. The fraction of sp³-hybridized carbons (Fsp3) is 0.357. The number of hydrogen-bond acceptors (Lipinski definition) is 4. The lowest BCUT2D eigenvalue weighted by atomic mass is 10.0. The van der Waals surface area contributed by atoms with Gasteiger partial charge in [-0.1, -0.05) is 18.2 Å². The van der Waals surface area contributed by atoms with E-state index in [4.69, 9.17) is 4.74 Å². The van der Waals surface area contributed by atoms with Crippen LogP contribution in [0.4, 0.5) is 0 Å². The van der Waals surface area contributed by atoms with Crippen LogP contribution in [0.5, 0.6) is 5.75 Å². The zero-order valence-electron chi connectivity index (χ0n) is 10.9. The molecule has 2 aromatic rings. The molecule has 1 aromatic carbocycles. The molecule has 1 atom stereocenters. The van der Waals surface area contributed by atoms with Gasteiger partial charge in [0.2, 0.25) is 0 Å². The van der Waals surface area contributed by atoms with E-state index < -0.39 is 0 Å². The van der Waals surface area contributed by atoms with Gasteiger partial charge >= 0.3 is 0 Å². The molecule has 0 bridgehead atoms. The van der Waals surface area contributed by atoms with Crippen LogP contribution in [0.1, 0.15) is 22.3 Å². The Hall–Kier alpha value is -1.39. The topological polar surface area (TPSA) is 34.1 Å². The standard InChI is InChI=1S/C14H18N2OS/c1-10-16-13(9-18-10)12(15-2)8-11-6-4-5-7-14(11)17-3/h4-7,9,12,15H,8H2,1-3H3. The van der Waals surface area contributed by atoms with E-state index in [2.05, 4.69) is 21.7 Å². The maximum Gasteiger partial charge on any atom is 0.122 e. The highest BCUT2D eigenvalue weighted by molar-refractivity contribution is 7.09. The van der Waals surface area contributed by atoms with Gasteiger partial charge in [0.05, 0.1) is 23.9 Å². The molecule has 1 aromatic heterocycles. The highest BCUT2D eigenvalue weighted by Crippen LogP contribution is 2.25. The first kappa shape index (κ1) is 13.1. The number of hydrogen-bond donors (Lipinski definition) is 1. The van der Waals surface area contributed by atoms with Gasteiger partial charge in [-0.3, -0.25) is 0 Å². The van der Waals surface area contributed by atoms with Gasteiger partial charge in [0.25, 0.3) is 0 Å². The van der Waals surface area contributed by atoms with Crippen molar-refractivity contribution < 1.29 is 4.74 Å². The van der Waals surface area contributed by atoms with Crippen LogP contribution >= 0.6 is 11.3 Å². The van der Waals surface area contributed by atoms with Gasteiger partial charge in [-0.15, -0.1) is 11.3 Å². The monoisotopic (exact) mass is 262 g/mol. The molecule has 2 rings (SSSR count). The number of rotatable bonds is 5. The minimum atomic E-state index is 0.228. The Morgan fingerprint density at radius 3 is 2.78 bits per heavy atom. The van der Waals surface area contributed by atoms with E-state index in [1.54, 1.807) is 18.4 Å². The van der Waals surface area contributed by atoms with Crippen molar-refractivity contribution in [2.75, 3.05) is 14.2 Å². The number of para-hydroxylation sites is 1. The van der Waals surface area contributed by atoms with Gasteiger partial charge in [0.1, 0.15) is 5.75 Å². The van der Waals surface area contributed by atoms with Crippen molar-refractivity contribution in [2.45, 2.75) is 19.4 Å². The van der Waals surface area contributed by atoms with Crippen LogP contribution in [0.2, 0.25) is 0 Å². The van der Waals surface area contributed by atoms with Crippen molar-refractivity contribution in [3.05, 3.63) is 45.9 Å². The Balaban J connectivity index is 2.20. The molecule has 1 unspecified atom stereocenters. The summed E-state index contributed by atoms with van der Waals surface area (Å²) in [5, 5.41) is 6.54. The normalized spacial score (nSPS) is 12.4. The first-order chi connectivity index (χ1) is 8.74. The molecule has 0 aliphatic rings. The van der Waals surface area contributed by atoms with Gasteiger partial charge in [-0.2, -0.15) is 0 Å². The first-order valence-corrected chi connectivity index (χ1v) is 6.83. The van der Waals surface area contributed by atoms with E-state index in [9.17, 15) is 0 Å². The summed E-state index contributed by atoms with van der Waals surface area (Å²) in [5.41, 5.74) is 2.30. The average molecular weight is 262 g/mol. The molecule has 3 nitrogen and oxygen atoms in total. The predicted molar refractivity (Wildman–Crippen MR) is 75.3 cm³/mol. The number of nitrogens with one attached hydrogen (secondary N) is 1. The van der Waals surface area contributed by atoms with Gasteiger partial charge in [0, 0.05) is 5.38 Å². The van der Waals surface area contributed by atoms with Crippen molar-refractivity contribution in [2.24, 2.45) is 0 Å². The van der Waals surface area contributed by atoms with Crippen LogP contribution in [0.15, 0.2) is 29.6 Å². The lowest BCUT2D eigenvalue weighted by Gasteiger charge is -2.16. The molecule has 0 fully saturated rings. The minimum Gasteiger partial charge on any atom is -0.496 e. The maximum atomic E-state index is 5.39.